The van der Waals surface area contributed by atoms with E-state index in [0.29, 0.717) is 0 Å². The zero-order chi connectivity index (χ0) is 7.84. The molecule has 0 fully saturated rings. The van der Waals surface area contributed by atoms with Gasteiger partial charge in [-0.3, -0.25) is 0 Å². The second-order valence-electron chi connectivity index (χ2n) is 2.44. The average Bonchev–Trinajstić information content (AvgIpc) is 2.34. The Morgan fingerprint density at radius 3 is 3.09 bits per heavy atom. The first-order chi connectivity index (χ1) is 5.29. The van der Waals surface area contributed by atoms with Gasteiger partial charge in [0, 0.05) is 10.7 Å². The maximum absolute atomic E-state index is 4.19. The van der Waals surface area contributed by atoms with Crippen LogP contribution >= 0.6 is 15.9 Å². The standard InChI is InChI=1S/C8H7BrN2/c1-6-8-7(9)3-2-4-11(8)5-10-6/h2-5H,1H3. The van der Waals surface area contributed by atoms with Crippen molar-refractivity contribution in [3.05, 3.63) is 34.8 Å². The Hall–Kier alpha value is -0.830. The van der Waals surface area contributed by atoms with Gasteiger partial charge in [-0.1, -0.05) is 0 Å². The average molecular weight is 211 g/mol. The first-order valence-electron chi connectivity index (χ1n) is 3.37. The minimum atomic E-state index is 1.05. The maximum atomic E-state index is 4.19. The highest BCUT2D eigenvalue weighted by molar-refractivity contribution is 9.10. The molecule has 0 N–H and O–H groups in total. The van der Waals surface area contributed by atoms with Gasteiger partial charge in [-0.05, 0) is 35.0 Å². The molecule has 0 spiro atoms. The predicted molar refractivity (Wildman–Crippen MR) is 47.6 cm³/mol. The molecule has 0 radical (unpaired) electrons. The highest BCUT2D eigenvalue weighted by Gasteiger charge is 2.01. The molecule has 0 saturated carbocycles. The van der Waals surface area contributed by atoms with Gasteiger partial charge < -0.3 is 4.40 Å². The molecule has 2 aromatic heterocycles. The smallest absolute Gasteiger partial charge is 0.0995 e. The van der Waals surface area contributed by atoms with Crippen LogP contribution in [-0.2, 0) is 0 Å². The third kappa shape index (κ3) is 0.959. The van der Waals surface area contributed by atoms with Crippen LogP contribution in [0.1, 0.15) is 5.69 Å². The maximum Gasteiger partial charge on any atom is 0.0995 e. The normalized spacial score (nSPS) is 10.7. The van der Waals surface area contributed by atoms with Crippen molar-refractivity contribution in [2.24, 2.45) is 0 Å². The lowest BCUT2D eigenvalue weighted by molar-refractivity contribution is 1.15. The SMILES string of the molecule is Cc1ncn2cccc(Br)c12. The lowest BCUT2D eigenvalue weighted by Crippen LogP contribution is -1.81. The van der Waals surface area contributed by atoms with Crippen LogP contribution in [0, 0.1) is 6.92 Å². The Balaban J connectivity index is 2.96. The molecule has 0 bridgehead atoms. The van der Waals surface area contributed by atoms with Crippen LogP contribution in [0.25, 0.3) is 5.52 Å². The monoisotopic (exact) mass is 210 g/mol. The van der Waals surface area contributed by atoms with E-state index < -0.39 is 0 Å². The topological polar surface area (TPSA) is 17.3 Å². The second kappa shape index (κ2) is 2.34. The summed E-state index contributed by atoms with van der Waals surface area (Å²) < 4.78 is 3.09. The van der Waals surface area contributed by atoms with Crippen molar-refractivity contribution in [2.75, 3.05) is 0 Å². The van der Waals surface area contributed by atoms with E-state index in [0.717, 1.165) is 15.7 Å². The summed E-state index contributed by atoms with van der Waals surface area (Å²) in [6.07, 6.45) is 3.80. The molecule has 0 aliphatic carbocycles. The molecule has 56 valence electrons. The third-order valence-corrected chi connectivity index (χ3v) is 2.33. The Kier molecular flexibility index (Phi) is 1.46. The van der Waals surface area contributed by atoms with Gasteiger partial charge in [-0.15, -0.1) is 0 Å². The molecule has 0 atom stereocenters. The summed E-state index contributed by atoms with van der Waals surface area (Å²) in [5, 5.41) is 0. The summed E-state index contributed by atoms with van der Waals surface area (Å²) in [7, 11) is 0. The van der Waals surface area contributed by atoms with Gasteiger partial charge in [-0.25, -0.2) is 4.98 Å². The summed E-state index contributed by atoms with van der Waals surface area (Å²) in [4.78, 5) is 4.19. The van der Waals surface area contributed by atoms with Crippen molar-refractivity contribution >= 4 is 21.4 Å². The van der Waals surface area contributed by atoms with E-state index in [-0.39, 0.29) is 0 Å². The van der Waals surface area contributed by atoms with Crippen molar-refractivity contribution in [2.45, 2.75) is 6.92 Å². The van der Waals surface area contributed by atoms with Crippen molar-refractivity contribution < 1.29 is 0 Å². The van der Waals surface area contributed by atoms with E-state index in [4.69, 9.17) is 0 Å². The summed E-state index contributed by atoms with van der Waals surface area (Å²) in [6, 6.07) is 4.00. The minimum Gasteiger partial charge on any atom is -0.305 e. The van der Waals surface area contributed by atoms with Gasteiger partial charge in [0.05, 0.1) is 17.5 Å². The summed E-state index contributed by atoms with van der Waals surface area (Å²) in [6.45, 7) is 2.00. The number of aromatic nitrogens is 2. The molecule has 2 heterocycles. The summed E-state index contributed by atoms with van der Waals surface area (Å²) in [5.74, 6) is 0. The van der Waals surface area contributed by atoms with E-state index in [9.17, 15) is 0 Å². The Labute approximate surface area is 73.0 Å². The van der Waals surface area contributed by atoms with Crippen LogP contribution in [-0.4, -0.2) is 9.38 Å². The van der Waals surface area contributed by atoms with Crippen molar-refractivity contribution in [1.29, 1.82) is 0 Å². The van der Waals surface area contributed by atoms with Gasteiger partial charge in [0.2, 0.25) is 0 Å². The van der Waals surface area contributed by atoms with Gasteiger partial charge in [0.1, 0.15) is 0 Å². The fraction of sp³-hybridized carbons (Fsp3) is 0.125. The lowest BCUT2D eigenvalue weighted by atomic mass is 10.3. The molecular weight excluding hydrogens is 204 g/mol. The van der Waals surface area contributed by atoms with E-state index in [1.165, 1.54) is 0 Å². The van der Waals surface area contributed by atoms with Crippen molar-refractivity contribution in [1.82, 2.24) is 9.38 Å². The van der Waals surface area contributed by atoms with Gasteiger partial charge in [0.25, 0.3) is 0 Å². The van der Waals surface area contributed by atoms with Crippen LogP contribution in [0.15, 0.2) is 29.1 Å². The number of hydrogen-bond donors (Lipinski definition) is 0. The van der Waals surface area contributed by atoms with Crippen molar-refractivity contribution in [3.63, 3.8) is 0 Å². The molecule has 2 aromatic rings. The Morgan fingerprint density at radius 1 is 1.55 bits per heavy atom. The number of halogens is 1. The molecule has 11 heavy (non-hydrogen) atoms. The molecule has 0 aliphatic heterocycles. The predicted octanol–water partition coefficient (Wildman–Crippen LogP) is 2.41. The fourth-order valence-corrected chi connectivity index (χ4v) is 1.81. The number of fused-ring (bicyclic) bond motifs is 1. The first-order valence-corrected chi connectivity index (χ1v) is 4.16. The van der Waals surface area contributed by atoms with Gasteiger partial charge in [0.15, 0.2) is 0 Å². The van der Waals surface area contributed by atoms with Crippen LogP contribution in [0.4, 0.5) is 0 Å². The van der Waals surface area contributed by atoms with E-state index in [2.05, 4.69) is 20.9 Å². The largest absolute Gasteiger partial charge is 0.305 e. The molecule has 2 rings (SSSR count). The zero-order valence-corrected chi connectivity index (χ0v) is 7.67. The summed E-state index contributed by atoms with van der Waals surface area (Å²) >= 11 is 3.47. The molecule has 0 saturated heterocycles. The van der Waals surface area contributed by atoms with E-state index in [1.807, 2.05) is 36.0 Å². The van der Waals surface area contributed by atoms with Crippen molar-refractivity contribution in [3.8, 4) is 0 Å². The number of rotatable bonds is 0. The van der Waals surface area contributed by atoms with E-state index >= 15 is 0 Å². The van der Waals surface area contributed by atoms with Gasteiger partial charge >= 0.3 is 0 Å². The number of nitrogens with zero attached hydrogens (tertiary/aromatic N) is 2. The number of aryl methyl sites for hydroxylation is 1. The third-order valence-electron chi connectivity index (χ3n) is 1.69. The minimum absolute atomic E-state index is 1.05. The molecule has 3 heteroatoms. The lowest BCUT2D eigenvalue weighted by Gasteiger charge is -1.95. The Morgan fingerprint density at radius 2 is 2.36 bits per heavy atom. The number of pyridine rings is 1. The molecule has 0 unspecified atom stereocenters. The molecule has 0 aromatic carbocycles. The first kappa shape index (κ1) is 6.85. The summed E-state index contributed by atoms with van der Waals surface area (Å²) in [5.41, 5.74) is 2.20. The quantitative estimate of drug-likeness (QED) is 0.653. The zero-order valence-electron chi connectivity index (χ0n) is 6.08. The van der Waals surface area contributed by atoms with Gasteiger partial charge in [-0.2, -0.15) is 0 Å². The fourth-order valence-electron chi connectivity index (χ4n) is 1.16. The molecule has 0 amide bonds. The Bertz CT molecular complexity index is 392. The van der Waals surface area contributed by atoms with Crippen LogP contribution in [0.3, 0.4) is 0 Å². The highest BCUT2D eigenvalue weighted by Crippen LogP contribution is 2.19. The van der Waals surface area contributed by atoms with E-state index in [1.54, 1.807) is 0 Å². The highest BCUT2D eigenvalue weighted by atomic mass is 79.9. The second-order valence-corrected chi connectivity index (χ2v) is 3.30. The van der Waals surface area contributed by atoms with Crippen LogP contribution in [0.5, 0.6) is 0 Å². The number of hydrogen-bond acceptors (Lipinski definition) is 1. The van der Waals surface area contributed by atoms with Crippen LogP contribution in [0.2, 0.25) is 0 Å². The molecular formula is C8H7BrN2. The molecule has 0 aliphatic rings. The van der Waals surface area contributed by atoms with Crippen LogP contribution < -0.4 is 0 Å². The number of imidazole rings is 1. The molecule has 2 nitrogen and oxygen atoms in total.